The number of hydrogen-bond acceptors (Lipinski definition) is 4. The van der Waals surface area contributed by atoms with Gasteiger partial charge >= 0.3 is 0 Å². The van der Waals surface area contributed by atoms with Gasteiger partial charge in [0.2, 0.25) is 0 Å². The Morgan fingerprint density at radius 1 is 0.724 bits per heavy atom. The number of aromatic hydroxyl groups is 2. The second kappa shape index (κ2) is 7.87. The van der Waals surface area contributed by atoms with Gasteiger partial charge in [0.05, 0.1) is 10.0 Å². The number of phenols is 2. The van der Waals surface area contributed by atoms with Gasteiger partial charge < -0.3 is 10.2 Å². The van der Waals surface area contributed by atoms with Crippen LogP contribution < -0.4 is 0 Å². The lowest BCUT2D eigenvalue weighted by Crippen LogP contribution is -2.39. The third-order valence-electron chi connectivity index (χ3n) is 4.41. The summed E-state index contributed by atoms with van der Waals surface area (Å²) in [4.78, 5) is 0. The molecular weight excluding hydrogens is 482 g/mol. The fourth-order valence-electron chi connectivity index (χ4n) is 3.23. The summed E-state index contributed by atoms with van der Waals surface area (Å²) in [5.41, 5.74) is -0.765. The van der Waals surface area contributed by atoms with E-state index in [0.717, 1.165) is 6.07 Å². The molecule has 0 atom stereocenters. The summed E-state index contributed by atoms with van der Waals surface area (Å²) in [5.74, 6) is -1.31. The molecule has 0 saturated carbocycles. The molecule has 0 bridgehead atoms. The second-order valence-electron chi connectivity index (χ2n) is 6.03. The predicted molar refractivity (Wildman–Crippen MR) is 114 cm³/mol. The zero-order chi connectivity index (χ0) is 21.6. The second-order valence-corrected chi connectivity index (χ2v) is 9.17. The zero-order valence-corrected chi connectivity index (χ0v) is 18.1. The van der Waals surface area contributed by atoms with Gasteiger partial charge in [-0.15, -0.1) is 0 Å². The summed E-state index contributed by atoms with van der Waals surface area (Å²) in [5, 5.41) is 19.2. The van der Waals surface area contributed by atoms with Gasteiger partial charge in [0, 0.05) is 32.8 Å². The smallest absolute Gasteiger partial charge is 0.283 e. The standard InChI is InChI=1S/C19H12Cl4O5S/c20-12-7-3-1-5-10(12)19(29(26,27)28,11-6-2-4-8-13(11)21)16-17(22)14(24)9-15(25)18(16)23/h1-9,24-25H,(H,26,27,28). The molecule has 3 N–H and O–H groups in total. The molecule has 0 aliphatic carbocycles. The summed E-state index contributed by atoms with van der Waals surface area (Å²) in [6, 6.07) is 12.4. The van der Waals surface area contributed by atoms with E-state index in [4.69, 9.17) is 46.4 Å². The molecule has 152 valence electrons. The van der Waals surface area contributed by atoms with E-state index < -0.39 is 42.0 Å². The lowest BCUT2D eigenvalue weighted by atomic mass is 9.83. The number of benzene rings is 3. The Bertz CT molecular complexity index is 1140. The first-order valence-electron chi connectivity index (χ1n) is 7.91. The van der Waals surface area contributed by atoms with Crippen molar-refractivity contribution in [2.75, 3.05) is 0 Å². The van der Waals surface area contributed by atoms with Gasteiger partial charge in [0.25, 0.3) is 10.1 Å². The highest BCUT2D eigenvalue weighted by atomic mass is 35.5. The fourth-order valence-corrected chi connectivity index (χ4v) is 6.02. The highest BCUT2D eigenvalue weighted by Gasteiger charge is 2.53. The van der Waals surface area contributed by atoms with Crippen molar-refractivity contribution >= 4 is 56.5 Å². The van der Waals surface area contributed by atoms with Gasteiger partial charge in [-0.1, -0.05) is 82.8 Å². The molecule has 29 heavy (non-hydrogen) atoms. The molecule has 0 radical (unpaired) electrons. The molecule has 0 aliphatic rings. The van der Waals surface area contributed by atoms with Crippen LogP contribution in [0.4, 0.5) is 0 Å². The van der Waals surface area contributed by atoms with Crippen LogP contribution >= 0.6 is 46.4 Å². The van der Waals surface area contributed by atoms with Crippen LogP contribution in [0, 0.1) is 0 Å². The number of rotatable bonds is 4. The SMILES string of the molecule is O=S(=O)(O)C(c1ccccc1Cl)(c1ccccc1Cl)c1c(Cl)c(O)cc(O)c1Cl. The van der Waals surface area contributed by atoms with Gasteiger partial charge in [-0.05, 0) is 12.1 Å². The van der Waals surface area contributed by atoms with E-state index in [1.165, 1.54) is 36.4 Å². The largest absolute Gasteiger partial charge is 0.506 e. The molecule has 0 unspecified atom stereocenters. The Morgan fingerprint density at radius 2 is 1.10 bits per heavy atom. The Hall–Kier alpha value is -1.67. The molecule has 3 rings (SSSR count). The maximum atomic E-state index is 13.0. The lowest BCUT2D eigenvalue weighted by molar-refractivity contribution is 0.444. The van der Waals surface area contributed by atoms with Gasteiger partial charge in [0.1, 0.15) is 11.5 Å². The normalized spacial score (nSPS) is 12.2. The minimum absolute atomic E-state index is 0.0555. The molecular formula is C19H12Cl4O5S. The molecule has 5 nitrogen and oxygen atoms in total. The topological polar surface area (TPSA) is 94.8 Å². The molecule has 0 saturated heterocycles. The van der Waals surface area contributed by atoms with Crippen molar-refractivity contribution < 1.29 is 23.2 Å². The fraction of sp³-hybridized carbons (Fsp3) is 0.0526. The van der Waals surface area contributed by atoms with Gasteiger partial charge in [-0.25, -0.2) is 0 Å². The van der Waals surface area contributed by atoms with Crippen molar-refractivity contribution in [3.63, 3.8) is 0 Å². The van der Waals surface area contributed by atoms with Crippen LogP contribution in [0.3, 0.4) is 0 Å². The number of hydrogen-bond donors (Lipinski definition) is 3. The van der Waals surface area contributed by atoms with E-state index in [9.17, 15) is 23.2 Å². The van der Waals surface area contributed by atoms with Crippen LogP contribution in [-0.4, -0.2) is 23.2 Å². The van der Waals surface area contributed by atoms with Crippen LogP contribution in [0.1, 0.15) is 16.7 Å². The van der Waals surface area contributed by atoms with Gasteiger partial charge in [-0.2, -0.15) is 8.42 Å². The monoisotopic (exact) mass is 492 g/mol. The van der Waals surface area contributed by atoms with E-state index in [2.05, 4.69) is 0 Å². The maximum Gasteiger partial charge on any atom is 0.283 e. The van der Waals surface area contributed by atoms with Crippen LogP contribution in [0.25, 0.3) is 0 Å². The van der Waals surface area contributed by atoms with Crippen LogP contribution in [-0.2, 0) is 14.9 Å². The number of halogens is 4. The molecule has 10 heteroatoms. The van der Waals surface area contributed by atoms with Crippen molar-refractivity contribution in [3.8, 4) is 11.5 Å². The number of phenolic OH excluding ortho intramolecular Hbond substituents is 2. The molecule has 0 spiro atoms. The lowest BCUT2D eigenvalue weighted by Gasteiger charge is -2.35. The van der Waals surface area contributed by atoms with Crippen molar-refractivity contribution in [1.82, 2.24) is 0 Å². The average molecular weight is 494 g/mol. The summed E-state index contributed by atoms with van der Waals surface area (Å²) >= 11 is 25.2. The van der Waals surface area contributed by atoms with E-state index in [1.54, 1.807) is 12.1 Å². The molecule has 0 fully saturated rings. The highest BCUT2D eigenvalue weighted by Crippen LogP contribution is 2.55. The molecule has 0 aromatic heterocycles. The minimum Gasteiger partial charge on any atom is -0.506 e. The van der Waals surface area contributed by atoms with Crippen LogP contribution in [0.5, 0.6) is 11.5 Å². The molecule has 3 aromatic rings. The highest BCUT2D eigenvalue weighted by molar-refractivity contribution is 7.87. The Kier molecular flexibility index (Phi) is 5.98. The van der Waals surface area contributed by atoms with Crippen molar-refractivity contribution in [2.24, 2.45) is 0 Å². The summed E-state index contributed by atoms with van der Waals surface area (Å²) < 4.78 is 34.1. The van der Waals surface area contributed by atoms with Crippen LogP contribution in [0.2, 0.25) is 20.1 Å². The first-order chi connectivity index (χ1) is 13.5. The van der Waals surface area contributed by atoms with Crippen LogP contribution in [0.15, 0.2) is 54.6 Å². The summed E-state index contributed by atoms with van der Waals surface area (Å²) in [6.07, 6.45) is 0. The van der Waals surface area contributed by atoms with E-state index in [1.807, 2.05) is 0 Å². The first kappa shape index (κ1) is 22.0. The molecule has 0 aliphatic heterocycles. The third-order valence-corrected chi connectivity index (χ3v) is 7.25. The third kappa shape index (κ3) is 3.44. The molecule has 0 amide bonds. The van der Waals surface area contributed by atoms with Gasteiger partial charge in [-0.3, -0.25) is 4.55 Å². The summed E-state index contributed by atoms with van der Waals surface area (Å²) in [7, 11) is -5.17. The zero-order valence-electron chi connectivity index (χ0n) is 14.3. The average Bonchev–Trinajstić information content (AvgIpc) is 2.64. The van der Waals surface area contributed by atoms with Gasteiger partial charge in [0.15, 0.2) is 4.75 Å². The summed E-state index contributed by atoms with van der Waals surface area (Å²) in [6.45, 7) is 0. The molecule has 3 aromatic carbocycles. The minimum atomic E-state index is -5.17. The predicted octanol–water partition coefficient (Wildman–Crippen LogP) is 5.89. The Balaban J connectivity index is 2.72. The Labute approximate surface area is 186 Å². The van der Waals surface area contributed by atoms with E-state index in [0.29, 0.717) is 0 Å². The van der Waals surface area contributed by atoms with Crippen molar-refractivity contribution in [3.05, 3.63) is 91.4 Å². The first-order valence-corrected chi connectivity index (χ1v) is 10.9. The Morgan fingerprint density at radius 3 is 1.45 bits per heavy atom. The van der Waals surface area contributed by atoms with Crippen molar-refractivity contribution in [2.45, 2.75) is 4.75 Å². The van der Waals surface area contributed by atoms with E-state index in [-0.39, 0.29) is 21.2 Å². The quantitative estimate of drug-likeness (QED) is 0.311. The van der Waals surface area contributed by atoms with E-state index >= 15 is 0 Å². The maximum absolute atomic E-state index is 13.0. The molecule has 0 heterocycles. The van der Waals surface area contributed by atoms with Crippen molar-refractivity contribution in [1.29, 1.82) is 0 Å².